The minimum absolute atomic E-state index is 0.0754. The Morgan fingerprint density at radius 3 is 2.86 bits per heavy atom. The number of hydrogen-bond donors (Lipinski definition) is 3. The number of aromatic nitrogens is 2. The maximum Gasteiger partial charge on any atom is 0.533 e. The van der Waals surface area contributed by atoms with Gasteiger partial charge in [0.2, 0.25) is 5.95 Å². The van der Waals surface area contributed by atoms with Crippen LogP contribution >= 0.6 is 11.6 Å². The lowest BCUT2D eigenvalue weighted by atomic mass is 10.1. The molecule has 3 N–H and O–H groups in total. The number of rotatable bonds is 7. The van der Waals surface area contributed by atoms with Crippen LogP contribution in [-0.4, -0.2) is 48.8 Å². The normalized spacial score (nSPS) is 12.5. The maximum atomic E-state index is 14.6. The Bertz CT molecular complexity index is 1310. The van der Waals surface area contributed by atoms with Gasteiger partial charge < -0.3 is 30.3 Å². The average Bonchev–Trinajstić information content (AvgIpc) is 3.08. The van der Waals surface area contributed by atoms with E-state index < -0.39 is 17.9 Å². The molecule has 0 bridgehead atoms. The quantitative estimate of drug-likeness (QED) is 0.367. The Balaban J connectivity index is 1.57. The van der Waals surface area contributed by atoms with Gasteiger partial charge in [-0.15, -0.1) is 0 Å². The molecular formula is C24H24ClFN6O5. The lowest BCUT2D eigenvalue weighted by Gasteiger charge is -2.21. The number of ether oxygens (including phenoxy) is 2. The second-order valence-electron chi connectivity index (χ2n) is 7.64. The summed E-state index contributed by atoms with van der Waals surface area (Å²) in [6, 6.07) is 9.26. The predicted octanol–water partition coefficient (Wildman–Crippen LogP) is 4.79. The highest BCUT2D eigenvalue weighted by atomic mass is 35.5. The van der Waals surface area contributed by atoms with Crippen LogP contribution in [0.3, 0.4) is 0 Å². The highest BCUT2D eigenvalue weighted by molar-refractivity contribution is 6.33. The first kappa shape index (κ1) is 25.8. The van der Waals surface area contributed by atoms with Crippen LogP contribution in [-0.2, 0) is 9.57 Å². The van der Waals surface area contributed by atoms with Crippen molar-refractivity contribution >= 4 is 52.5 Å². The SMILES string of the molecule is CCOC(=O)ON1CCCOc2cc(Nc3ncc(Cl)c(Nc4c(F)cccc4C(=O)NC)n3)ccc21. The number of amides is 1. The summed E-state index contributed by atoms with van der Waals surface area (Å²) in [6.07, 6.45) is 1.16. The van der Waals surface area contributed by atoms with E-state index in [2.05, 4.69) is 25.9 Å². The molecule has 0 saturated carbocycles. The zero-order chi connectivity index (χ0) is 26.4. The molecule has 4 rings (SSSR count). The summed E-state index contributed by atoms with van der Waals surface area (Å²) in [4.78, 5) is 37.8. The number of benzene rings is 2. The van der Waals surface area contributed by atoms with Gasteiger partial charge in [-0.2, -0.15) is 10.0 Å². The first-order valence-corrected chi connectivity index (χ1v) is 11.7. The number of para-hydroxylation sites is 1. The first-order chi connectivity index (χ1) is 17.9. The fraction of sp³-hybridized carbons (Fsp3) is 0.250. The summed E-state index contributed by atoms with van der Waals surface area (Å²) in [5.74, 6) is -0.410. The molecule has 194 valence electrons. The van der Waals surface area contributed by atoms with E-state index in [4.69, 9.17) is 25.9 Å². The van der Waals surface area contributed by atoms with Crippen molar-refractivity contribution in [3.8, 4) is 5.75 Å². The Labute approximate surface area is 216 Å². The fourth-order valence-corrected chi connectivity index (χ4v) is 3.63. The topological polar surface area (TPSA) is 127 Å². The van der Waals surface area contributed by atoms with Gasteiger partial charge in [-0.05, 0) is 31.2 Å². The third-order valence-corrected chi connectivity index (χ3v) is 5.44. The summed E-state index contributed by atoms with van der Waals surface area (Å²) < 4.78 is 25.2. The summed E-state index contributed by atoms with van der Waals surface area (Å²) in [5.41, 5.74) is 1.14. The van der Waals surface area contributed by atoms with E-state index in [1.807, 2.05) is 0 Å². The van der Waals surface area contributed by atoms with Gasteiger partial charge in [0, 0.05) is 25.2 Å². The van der Waals surface area contributed by atoms with E-state index in [1.54, 1.807) is 25.1 Å². The second kappa shape index (κ2) is 11.6. The van der Waals surface area contributed by atoms with Crippen LogP contribution in [0.1, 0.15) is 23.7 Å². The van der Waals surface area contributed by atoms with Gasteiger partial charge in [0.05, 0.1) is 37.2 Å². The molecule has 0 saturated heterocycles. The molecule has 37 heavy (non-hydrogen) atoms. The van der Waals surface area contributed by atoms with Crippen molar-refractivity contribution in [2.75, 3.05) is 42.5 Å². The number of nitrogens with zero attached hydrogens (tertiary/aromatic N) is 3. The lowest BCUT2D eigenvalue weighted by Crippen LogP contribution is -2.28. The first-order valence-electron chi connectivity index (χ1n) is 11.4. The summed E-state index contributed by atoms with van der Waals surface area (Å²) in [7, 11) is 1.45. The Kier molecular flexibility index (Phi) is 8.08. The fourth-order valence-electron chi connectivity index (χ4n) is 3.49. The highest BCUT2D eigenvalue weighted by Gasteiger charge is 2.22. The monoisotopic (exact) mass is 530 g/mol. The molecule has 0 fully saturated rings. The second-order valence-corrected chi connectivity index (χ2v) is 8.05. The van der Waals surface area contributed by atoms with Crippen LogP contribution in [0.2, 0.25) is 5.02 Å². The average molecular weight is 531 g/mol. The Morgan fingerprint density at radius 1 is 1.24 bits per heavy atom. The van der Waals surface area contributed by atoms with E-state index in [-0.39, 0.29) is 34.6 Å². The molecule has 2 heterocycles. The van der Waals surface area contributed by atoms with Crippen LogP contribution < -0.4 is 25.8 Å². The minimum atomic E-state index is -0.804. The van der Waals surface area contributed by atoms with Crippen LogP contribution in [0.5, 0.6) is 5.75 Å². The molecule has 1 aliphatic heterocycles. The third kappa shape index (κ3) is 6.09. The van der Waals surface area contributed by atoms with Crippen molar-refractivity contribution in [2.45, 2.75) is 13.3 Å². The van der Waals surface area contributed by atoms with Crippen molar-refractivity contribution in [3.05, 3.63) is 59.0 Å². The lowest BCUT2D eigenvalue weighted by molar-refractivity contribution is 0.0499. The molecular weight excluding hydrogens is 507 g/mol. The highest BCUT2D eigenvalue weighted by Crippen LogP contribution is 2.35. The number of fused-ring (bicyclic) bond motifs is 1. The maximum absolute atomic E-state index is 14.6. The van der Waals surface area contributed by atoms with Gasteiger partial charge in [0.1, 0.15) is 22.3 Å². The molecule has 1 amide bonds. The van der Waals surface area contributed by atoms with Crippen LogP contribution in [0, 0.1) is 5.82 Å². The number of carbonyl (C=O) groups excluding carboxylic acids is 2. The molecule has 2 aromatic carbocycles. The molecule has 11 nitrogen and oxygen atoms in total. The Morgan fingerprint density at radius 2 is 2.08 bits per heavy atom. The number of hydroxylamine groups is 1. The van der Waals surface area contributed by atoms with Gasteiger partial charge in [-0.3, -0.25) is 4.79 Å². The zero-order valence-electron chi connectivity index (χ0n) is 20.0. The number of nitrogens with one attached hydrogen (secondary N) is 3. The van der Waals surface area contributed by atoms with Gasteiger partial charge in [0.25, 0.3) is 5.91 Å². The zero-order valence-corrected chi connectivity index (χ0v) is 20.8. The van der Waals surface area contributed by atoms with Gasteiger partial charge in [-0.25, -0.2) is 14.2 Å². The Hall–Kier alpha value is -4.32. The molecule has 3 aromatic rings. The van der Waals surface area contributed by atoms with Crippen LogP contribution in [0.25, 0.3) is 0 Å². The van der Waals surface area contributed by atoms with Crippen molar-refractivity contribution in [1.29, 1.82) is 0 Å². The third-order valence-electron chi connectivity index (χ3n) is 5.17. The molecule has 13 heteroatoms. The van der Waals surface area contributed by atoms with E-state index in [0.29, 0.717) is 36.7 Å². The van der Waals surface area contributed by atoms with Crippen molar-refractivity contribution in [2.24, 2.45) is 0 Å². The number of anilines is 5. The number of hydrogen-bond acceptors (Lipinski definition) is 10. The number of halogens is 2. The van der Waals surface area contributed by atoms with E-state index in [1.165, 1.54) is 36.5 Å². The van der Waals surface area contributed by atoms with Crippen molar-refractivity contribution in [1.82, 2.24) is 15.3 Å². The van der Waals surface area contributed by atoms with E-state index in [9.17, 15) is 14.0 Å². The van der Waals surface area contributed by atoms with Crippen LogP contribution in [0.15, 0.2) is 42.6 Å². The van der Waals surface area contributed by atoms with Gasteiger partial charge in [0.15, 0.2) is 5.82 Å². The summed E-state index contributed by atoms with van der Waals surface area (Å²) >= 11 is 6.24. The molecule has 1 aromatic heterocycles. The van der Waals surface area contributed by atoms with E-state index in [0.717, 1.165) is 0 Å². The predicted molar refractivity (Wildman–Crippen MR) is 135 cm³/mol. The molecule has 0 radical (unpaired) electrons. The van der Waals surface area contributed by atoms with E-state index >= 15 is 0 Å². The molecule has 0 atom stereocenters. The molecule has 1 aliphatic rings. The van der Waals surface area contributed by atoms with Crippen LogP contribution in [0.4, 0.5) is 38.0 Å². The molecule has 0 aliphatic carbocycles. The van der Waals surface area contributed by atoms with Gasteiger partial charge in [-0.1, -0.05) is 17.7 Å². The smallest absolute Gasteiger partial charge is 0.491 e. The minimum Gasteiger partial charge on any atom is -0.491 e. The van der Waals surface area contributed by atoms with Crippen molar-refractivity contribution < 1.29 is 28.3 Å². The molecule has 0 unspecified atom stereocenters. The summed E-state index contributed by atoms with van der Waals surface area (Å²) in [5, 5.41) is 9.84. The van der Waals surface area contributed by atoms with Gasteiger partial charge >= 0.3 is 6.16 Å². The molecule has 0 spiro atoms. The standard InChI is InChI=1S/C24H24ClFN6O5/c1-3-35-24(34)37-32-10-5-11-36-19-12-14(8-9-18(19)32)29-23-28-13-16(25)21(31-23)30-20-15(22(33)27-2)6-4-7-17(20)26/h4,6-9,12-13H,3,5,10-11H2,1-2H3,(H,27,33)(H2,28,29,30,31). The van der Waals surface area contributed by atoms with Crippen molar-refractivity contribution in [3.63, 3.8) is 0 Å². The number of carbonyl (C=O) groups is 2. The largest absolute Gasteiger partial charge is 0.533 e. The summed E-state index contributed by atoms with van der Waals surface area (Å²) in [6.45, 7) is 2.74.